The number of aromatic amines is 1. The molecule has 0 aliphatic heterocycles. The smallest absolute Gasteiger partial charge is 0.234 e. The Morgan fingerprint density at radius 3 is 2.44 bits per heavy atom. The number of carbonyl (C=O) groups is 1. The number of hydrogen-bond acceptors (Lipinski definition) is 2. The standard InChI is InChI=1S/C20H22FN3O/c1-20(2,17-12-22-18-10-5-13(21)11-16(17)18)19(25)23-14-6-8-15(9-7-14)24(3)4/h5-12,22H,1-4H3,(H,23,25). The lowest BCUT2D eigenvalue weighted by Gasteiger charge is -2.23. The number of amides is 1. The van der Waals surface area contributed by atoms with Crippen molar-refractivity contribution < 1.29 is 9.18 Å². The number of halogens is 1. The molecule has 1 aromatic heterocycles. The summed E-state index contributed by atoms with van der Waals surface area (Å²) < 4.78 is 13.6. The highest BCUT2D eigenvalue weighted by Crippen LogP contribution is 2.32. The molecule has 0 unspecified atom stereocenters. The lowest BCUT2D eigenvalue weighted by molar-refractivity contribution is -0.120. The normalized spacial score (nSPS) is 11.6. The number of fused-ring (bicyclic) bond motifs is 1. The summed E-state index contributed by atoms with van der Waals surface area (Å²) in [5.74, 6) is -0.459. The number of anilines is 2. The van der Waals surface area contributed by atoms with Crippen LogP contribution >= 0.6 is 0 Å². The topological polar surface area (TPSA) is 48.1 Å². The highest BCUT2D eigenvalue weighted by atomic mass is 19.1. The van der Waals surface area contributed by atoms with Gasteiger partial charge in [-0.25, -0.2) is 4.39 Å². The van der Waals surface area contributed by atoms with E-state index in [1.165, 1.54) is 12.1 Å². The molecule has 0 saturated carbocycles. The molecule has 130 valence electrons. The van der Waals surface area contributed by atoms with Gasteiger partial charge in [-0.3, -0.25) is 4.79 Å². The van der Waals surface area contributed by atoms with Crippen molar-refractivity contribution in [2.75, 3.05) is 24.3 Å². The first-order valence-corrected chi connectivity index (χ1v) is 8.15. The molecule has 2 N–H and O–H groups in total. The van der Waals surface area contributed by atoms with E-state index in [0.717, 1.165) is 27.8 Å². The van der Waals surface area contributed by atoms with Crippen LogP contribution in [0.25, 0.3) is 10.9 Å². The highest BCUT2D eigenvalue weighted by molar-refractivity contribution is 6.01. The third-order valence-corrected chi connectivity index (χ3v) is 4.53. The predicted molar refractivity (Wildman–Crippen MR) is 101 cm³/mol. The van der Waals surface area contributed by atoms with E-state index in [1.54, 1.807) is 12.3 Å². The van der Waals surface area contributed by atoms with Gasteiger partial charge in [0, 0.05) is 42.6 Å². The van der Waals surface area contributed by atoms with Crippen molar-refractivity contribution in [1.29, 1.82) is 0 Å². The monoisotopic (exact) mass is 339 g/mol. The van der Waals surface area contributed by atoms with E-state index in [4.69, 9.17) is 0 Å². The zero-order valence-electron chi connectivity index (χ0n) is 14.9. The molecule has 25 heavy (non-hydrogen) atoms. The lowest BCUT2D eigenvalue weighted by atomic mass is 9.83. The molecule has 0 saturated heterocycles. The first-order valence-electron chi connectivity index (χ1n) is 8.15. The second kappa shape index (κ2) is 6.24. The Bertz CT molecular complexity index is 910. The van der Waals surface area contributed by atoms with Gasteiger partial charge < -0.3 is 15.2 Å². The van der Waals surface area contributed by atoms with Crippen LogP contribution < -0.4 is 10.2 Å². The van der Waals surface area contributed by atoms with E-state index >= 15 is 0 Å². The molecule has 0 aliphatic carbocycles. The average molecular weight is 339 g/mol. The number of H-pyrrole nitrogens is 1. The minimum absolute atomic E-state index is 0.143. The van der Waals surface area contributed by atoms with Crippen LogP contribution in [-0.2, 0) is 10.2 Å². The quantitative estimate of drug-likeness (QED) is 0.745. The fraction of sp³-hybridized carbons (Fsp3) is 0.250. The van der Waals surface area contributed by atoms with Gasteiger partial charge in [-0.1, -0.05) is 0 Å². The van der Waals surface area contributed by atoms with Crippen molar-refractivity contribution in [3.8, 4) is 0 Å². The highest BCUT2D eigenvalue weighted by Gasteiger charge is 2.32. The summed E-state index contributed by atoms with van der Waals surface area (Å²) in [7, 11) is 3.93. The Morgan fingerprint density at radius 2 is 1.80 bits per heavy atom. The second-order valence-electron chi connectivity index (χ2n) is 6.91. The van der Waals surface area contributed by atoms with Gasteiger partial charge in [0.05, 0.1) is 5.41 Å². The molecule has 1 heterocycles. The van der Waals surface area contributed by atoms with Crippen molar-refractivity contribution in [2.24, 2.45) is 0 Å². The lowest BCUT2D eigenvalue weighted by Crippen LogP contribution is -2.34. The Kier molecular flexibility index (Phi) is 4.25. The van der Waals surface area contributed by atoms with Crippen LogP contribution in [0, 0.1) is 5.82 Å². The maximum atomic E-state index is 13.6. The van der Waals surface area contributed by atoms with Gasteiger partial charge in [0.15, 0.2) is 0 Å². The predicted octanol–water partition coefficient (Wildman–Crippen LogP) is 4.29. The Balaban J connectivity index is 1.87. The van der Waals surface area contributed by atoms with Crippen molar-refractivity contribution in [3.63, 3.8) is 0 Å². The van der Waals surface area contributed by atoms with Crippen molar-refractivity contribution >= 4 is 28.2 Å². The summed E-state index contributed by atoms with van der Waals surface area (Å²) in [4.78, 5) is 18.0. The fourth-order valence-electron chi connectivity index (χ4n) is 2.86. The molecule has 4 nitrogen and oxygen atoms in total. The molecule has 0 fully saturated rings. The van der Waals surface area contributed by atoms with Gasteiger partial charge in [0.25, 0.3) is 0 Å². The Morgan fingerprint density at radius 1 is 1.12 bits per heavy atom. The van der Waals surface area contributed by atoms with E-state index in [0.29, 0.717) is 0 Å². The van der Waals surface area contributed by atoms with Crippen LogP contribution in [0.15, 0.2) is 48.7 Å². The molecule has 3 rings (SSSR count). The zero-order valence-corrected chi connectivity index (χ0v) is 14.9. The van der Waals surface area contributed by atoms with E-state index in [2.05, 4.69) is 10.3 Å². The van der Waals surface area contributed by atoms with Crippen LogP contribution in [0.5, 0.6) is 0 Å². The number of carbonyl (C=O) groups excluding carboxylic acids is 1. The maximum absolute atomic E-state index is 13.6. The van der Waals surface area contributed by atoms with Crippen molar-refractivity contribution in [2.45, 2.75) is 19.3 Å². The van der Waals surface area contributed by atoms with Gasteiger partial charge in [0.1, 0.15) is 5.82 Å². The molecular weight excluding hydrogens is 317 g/mol. The SMILES string of the molecule is CN(C)c1ccc(NC(=O)C(C)(C)c2c[nH]c3ccc(F)cc23)cc1. The molecule has 3 aromatic rings. The van der Waals surface area contributed by atoms with E-state index in [9.17, 15) is 9.18 Å². The van der Waals surface area contributed by atoms with Crippen molar-refractivity contribution in [3.05, 3.63) is 60.0 Å². The first-order chi connectivity index (χ1) is 11.8. The average Bonchev–Trinajstić information content (AvgIpc) is 2.98. The van der Waals surface area contributed by atoms with Gasteiger partial charge in [-0.2, -0.15) is 0 Å². The third-order valence-electron chi connectivity index (χ3n) is 4.53. The van der Waals surface area contributed by atoms with E-state index in [1.807, 2.05) is 57.1 Å². The van der Waals surface area contributed by atoms with Gasteiger partial charge in [-0.15, -0.1) is 0 Å². The summed E-state index contributed by atoms with van der Waals surface area (Å²) in [6.07, 6.45) is 1.78. The largest absolute Gasteiger partial charge is 0.378 e. The van der Waals surface area contributed by atoms with Gasteiger partial charge in [0.2, 0.25) is 5.91 Å². The molecule has 2 aromatic carbocycles. The summed E-state index contributed by atoms with van der Waals surface area (Å²) in [6, 6.07) is 12.2. The molecule has 0 aliphatic rings. The summed E-state index contributed by atoms with van der Waals surface area (Å²) >= 11 is 0. The fourth-order valence-corrected chi connectivity index (χ4v) is 2.86. The van der Waals surface area contributed by atoms with Crippen LogP contribution in [0.3, 0.4) is 0 Å². The second-order valence-corrected chi connectivity index (χ2v) is 6.91. The Hall–Kier alpha value is -2.82. The summed E-state index contributed by atoms with van der Waals surface area (Å²) in [5, 5.41) is 3.68. The van der Waals surface area contributed by atoms with Crippen molar-refractivity contribution in [1.82, 2.24) is 4.98 Å². The third kappa shape index (κ3) is 3.22. The van der Waals surface area contributed by atoms with Gasteiger partial charge in [-0.05, 0) is 61.9 Å². The number of rotatable bonds is 4. The maximum Gasteiger partial charge on any atom is 0.234 e. The molecule has 5 heteroatoms. The van der Waals surface area contributed by atoms with Crippen LogP contribution in [0.4, 0.5) is 15.8 Å². The Labute approximate surface area is 146 Å². The number of aromatic nitrogens is 1. The minimum Gasteiger partial charge on any atom is -0.378 e. The molecule has 0 bridgehead atoms. The zero-order chi connectivity index (χ0) is 18.2. The first kappa shape index (κ1) is 17.0. The van der Waals surface area contributed by atoms with Crippen LogP contribution in [0.2, 0.25) is 0 Å². The van der Waals surface area contributed by atoms with Gasteiger partial charge >= 0.3 is 0 Å². The summed E-state index contributed by atoms with van der Waals surface area (Å²) in [5.41, 5.74) is 2.56. The molecule has 1 amide bonds. The number of nitrogens with one attached hydrogen (secondary N) is 2. The number of benzene rings is 2. The van der Waals surface area contributed by atoms with Crippen LogP contribution in [-0.4, -0.2) is 25.0 Å². The molecule has 0 radical (unpaired) electrons. The number of nitrogens with zero attached hydrogens (tertiary/aromatic N) is 1. The van der Waals surface area contributed by atoms with E-state index < -0.39 is 5.41 Å². The van der Waals surface area contributed by atoms with Crippen LogP contribution in [0.1, 0.15) is 19.4 Å². The minimum atomic E-state index is -0.813. The summed E-state index contributed by atoms with van der Waals surface area (Å²) in [6.45, 7) is 3.67. The van der Waals surface area contributed by atoms with E-state index in [-0.39, 0.29) is 11.7 Å². The molecular formula is C20H22FN3O. The number of hydrogen-bond donors (Lipinski definition) is 2. The molecule has 0 atom stereocenters. The molecule has 0 spiro atoms.